The first-order chi connectivity index (χ1) is 10.1. The van der Waals surface area contributed by atoms with Crippen molar-refractivity contribution in [3.8, 4) is 0 Å². The molecule has 0 unspecified atom stereocenters. The highest BCUT2D eigenvalue weighted by Gasteiger charge is 2.09. The van der Waals surface area contributed by atoms with Gasteiger partial charge in [0.25, 0.3) is 0 Å². The third kappa shape index (κ3) is 2.58. The van der Waals surface area contributed by atoms with E-state index in [2.05, 4.69) is 9.97 Å². The summed E-state index contributed by atoms with van der Waals surface area (Å²) in [5.74, 6) is -1.01. The molecule has 3 rings (SSSR count). The number of benzene rings is 1. The zero-order valence-electron chi connectivity index (χ0n) is 11.2. The summed E-state index contributed by atoms with van der Waals surface area (Å²) in [6.45, 7) is 1.33. The molecule has 3 aromatic rings. The zero-order valence-corrected chi connectivity index (χ0v) is 11.2. The van der Waals surface area contributed by atoms with Crippen LogP contribution < -0.4 is 5.69 Å². The van der Waals surface area contributed by atoms with Gasteiger partial charge in [-0.1, -0.05) is 0 Å². The molecule has 2 N–H and O–H groups in total. The monoisotopic (exact) mass is 286 g/mol. The maximum Gasteiger partial charge on any atom is 0.335 e. The summed E-state index contributed by atoms with van der Waals surface area (Å²) in [6, 6.07) is 4.64. The number of hydrogen-bond donors (Lipinski definition) is 2. The molecule has 2 aromatic heterocycles. The highest BCUT2D eigenvalue weighted by atomic mass is 16.4. The summed E-state index contributed by atoms with van der Waals surface area (Å²) < 4.78 is 3.57. The Balaban J connectivity index is 1.83. The summed E-state index contributed by atoms with van der Waals surface area (Å²) in [5, 5.41) is 8.96. The molecular formula is C14H14N4O3. The van der Waals surface area contributed by atoms with Crippen molar-refractivity contribution in [3.05, 3.63) is 53.0 Å². The van der Waals surface area contributed by atoms with Crippen LogP contribution in [0.5, 0.6) is 0 Å². The van der Waals surface area contributed by atoms with Crippen molar-refractivity contribution in [1.82, 2.24) is 19.1 Å². The average Bonchev–Trinajstić information content (AvgIpc) is 3.06. The highest BCUT2D eigenvalue weighted by Crippen LogP contribution is 2.13. The number of aromatic carboxylic acids is 1. The summed E-state index contributed by atoms with van der Waals surface area (Å²) in [5.41, 5.74) is 1.20. The number of imidazole rings is 2. The number of hydrogen-bond acceptors (Lipinski definition) is 3. The standard InChI is InChI=1S/C14H14N4O3/c19-13(20)10-2-3-12-11(8-10)16-14(21)18(12)6-1-5-17-7-4-15-9-17/h2-4,7-9H,1,5-6H2,(H,16,21)(H,19,20). The van der Waals surface area contributed by atoms with Crippen LogP contribution in [0.2, 0.25) is 0 Å². The number of H-pyrrole nitrogens is 1. The van der Waals surface area contributed by atoms with Crippen molar-refractivity contribution < 1.29 is 9.90 Å². The first kappa shape index (κ1) is 13.2. The largest absolute Gasteiger partial charge is 0.478 e. The molecule has 0 atom stereocenters. The lowest BCUT2D eigenvalue weighted by Gasteiger charge is -2.04. The van der Waals surface area contributed by atoms with Gasteiger partial charge in [-0.2, -0.15) is 0 Å². The predicted molar refractivity (Wildman–Crippen MR) is 76.4 cm³/mol. The number of aromatic amines is 1. The molecule has 0 aliphatic carbocycles. The normalized spacial score (nSPS) is 11.0. The minimum absolute atomic E-state index is 0.161. The average molecular weight is 286 g/mol. The molecular weight excluding hydrogens is 272 g/mol. The van der Waals surface area contributed by atoms with E-state index in [0.29, 0.717) is 12.1 Å². The highest BCUT2D eigenvalue weighted by molar-refractivity contribution is 5.92. The van der Waals surface area contributed by atoms with Gasteiger partial charge >= 0.3 is 11.7 Å². The van der Waals surface area contributed by atoms with Crippen molar-refractivity contribution in [2.75, 3.05) is 0 Å². The van der Waals surface area contributed by atoms with Gasteiger partial charge in [0.15, 0.2) is 0 Å². The van der Waals surface area contributed by atoms with E-state index in [-0.39, 0.29) is 11.3 Å². The lowest BCUT2D eigenvalue weighted by molar-refractivity contribution is 0.0697. The van der Waals surface area contributed by atoms with E-state index in [4.69, 9.17) is 5.11 Å². The Kier molecular flexibility index (Phi) is 3.31. The number of nitrogens with zero attached hydrogens (tertiary/aromatic N) is 3. The van der Waals surface area contributed by atoms with Gasteiger partial charge in [-0.05, 0) is 24.6 Å². The van der Waals surface area contributed by atoms with Crippen LogP contribution >= 0.6 is 0 Å². The van der Waals surface area contributed by atoms with Crippen LogP contribution in [0.15, 0.2) is 41.7 Å². The molecule has 108 valence electrons. The molecule has 0 fully saturated rings. The fourth-order valence-electron chi connectivity index (χ4n) is 2.35. The number of carbonyl (C=O) groups is 1. The molecule has 0 bridgehead atoms. The molecule has 7 heteroatoms. The fraction of sp³-hybridized carbons (Fsp3) is 0.214. The van der Waals surface area contributed by atoms with E-state index in [9.17, 15) is 9.59 Å². The molecule has 0 radical (unpaired) electrons. The number of aromatic nitrogens is 4. The number of carboxylic acid groups (broad SMARTS) is 1. The molecule has 1 aromatic carbocycles. The first-order valence-electron chi connectivity index (χ1n) is 6.57. The van der Waals surface area contributed by atoms with Crippen molar-refractivity contribution in [2.24, 2.45) is 0 Å². The second-order valence-corrected chi connectivity index (χ2v) is 4.77. The molecule has 0 saturated heterocycles. The SMILES string of the molecule is O=C(O)c1ccc2c(c1)[nH]c(=O)n2CCCn1ccnc1. The number of carboxylic acids is 1. The van der Waals surface area contributed by atoms with Crippen LogP contribution in [0.25, 0.3) is 11.0 Å². The molecule has 0 saturated carbocycles. The Morgan fingerprint density at radius 2 is 2.19 bits per heavy atom. The van der Waals surface area contributed by atoms with Gasteiger partial charge in [0.1, 0.15) is 0 Å². The van der Waals surface area contributed by atoms with Crippen molar-refractivity contribution in [1.29, 1.82) is 0 Å². The van der Waals surface area contributed by atoms with Crippen LogP contribution in [0.3, 0.4) is 0 Å². The molecule has 0 aliphatic rings. The van der Waals surface area contributed by atoms with Crippen molar-refractivity contribution >= 4 is 17.0 Å². The van der Waals surface area contributed by atoms with E-state index in [1.165, 1.54) is 12.1 Å². The summed E-state index contributed by atoms with van der Waals surface area (Å²) in [6.07, 6.45) is 6.10. The van der Waals surface area contributed by atoms with Crippen molar-refractivity contribution in [3.63, 3.8) is 0 Å². The number of nitrogens with one attached hydrogen (secondary N) is 1. The van der Waals surface area contributed by atoms with E-state index < -0.39 is 5.97 Å². The molecule has 0 amide bonds. The first-order valence-corrected chi connectivity index (χ1v) is 6.57. The summed E-state index contributed by atoms with van der Waals surface area (Å²) in [4.78, 5) is 29.5. The van der Waals surface area contributed by atoms with Gasteiger partial charge in [0, 0.05) is 25.5 Å². The number of rotatable bonds is 5. The predicted octanol–water partition coefficient (Wildman–Crippen LogP) is 1.31. The van der Waals surface area contributed by atoms with Gasteiger partial charge in [0.2, 0.25) is 0 Å². The van der Waals surface area contributed by atoms with Gasteiger partial charge in [-0.15, -0.1) is 0 Å². The van der Waals surface area contributed by atoms with Gasteiger partial charge in [0.05, 0.1) is 22.9 Å². The third-order valence-corrected chi connectivity index (χ3v) is 3.38. The van der Waals surface area contributed by atoms with Crippen LogP contribution in [-0.2, 0) is 13.1 Å². The lowest BCUT2D eigenvalue weighted by atomic mass is 10.2. The van der Waals surface area contributed by atoms with Crippen LogP contribution in [0.4, 0.5) is 0 Å². The number of aryl methyl sites for hydroxylation is 2. The van der Waals surface area contributed by atoms with E-state index in [1.54, 1.807) is 23.2 Å². The molecule has 0 spiro atoms. The van der Waals surface area contributed by atoms with E-state index in [1.807, 2.05) is 10.8 Å². The van der Waals surface area contributed by atoms with Crippen molar-refractivity contribution in [2.45, 2.75) is 19.5 Å². The molecule has 7 nitrogen and oxygen atoms in total. The minimum Gasteiger partial charge on any atom is -0.478 e. The van der Waals surface area contributed by atoms with Crippen LogP contribution in [-0.4, -0.2) is 30.2 Å². The second kappa shape index (κ2) is 5.28. The molecule has 21 heavy (non-hydrogen) atoms. The Morgan fingerprint density at radius 3 is 2.90 bits per heavy atom. The third-order valence-electron chi connectivity index (χ3n) is 3.38. The maximum atomic E-state index is 12.0. The lowest BCUT2D eigenvalue weighted by Crippen LogP contribution is -2.17. The van der Waals surface area contributed by atoms with Crippen LogP contribution in [0, 0.1) is 0 Å². The van der Waals surface area contributed by atoms with Gasteiger partial charge < -0.3 is 14.7 Å². The quantitative estimate of drug-likeness (QED) is 0.739. The zero-order chi connectivity index (χ0) is 14.8. The molecule has 0 aliphatic heterocycles. The van der Waals surface area contributed by atoms with Crippen LogP contribution in [0.1, 0.15) is 16.8 Å². The smallest absolute Gasteiger partial charge is 0.335 e. The van der Waals surface area contributed by atoms with E-state index in [0.717, 1.165) is 18.5 Å². The maximum absolute atomic E-state index is 12.0. The van der Waals surface area contributed by atoms with Gasteiger partial charge in [-0.25, -0.2) is 14.6 Å². The summed E-state index contributed by atoms with van der Waals surface area (Å²) >= 11 is 0. The Labute approximate surface area is 119 Å². The van der Waals surface area contributed by atoms with Gasteiger partial charge in [-0.3, -0.25) is 4.57 Å². The Morgan fingerprint density at radius 1 is 1.33 bits per heavy atom. The topological polar surface area (TPSA) is 92.9 Å². The molecule has 2 heterocycles. The fourth-order valence-corrected chi connectivity index (χ4v) is 2.35. The minimum atomic E-state index is -1.01. The van der Waals surface area contributed by atoms with E-state index >= 15 is 0 Å². The Hall–Kier alpha value is -2.83. The number of fused-ring (bicyclic) bond motifs is 1. The summed E-state index contributed by atoms with van der Waals surface area (Å²) in [7, 11) is 0. The Bertz CT molecular complexity index is 830. The second-order valence-electron chi connectivity index (χ2n) is 4.77.